The number of nitro groups is 1. The molecule has 24 heavy (non-hydrogen) atoms. The van der Waals surface area contributed by atoms with Crippen LogP contribution in [-0.2, 0) is 14.3 Å². The first-order valence-corrected chi connectivity index (χ1v) is 8.24. The van der Waals surface area contributed by atoms with Gasteiger partial charge in [-0.1, -0.05) is 0 Å². The molecule has 1 aliphatic heterocycles. The van der Waals surface area contributed by atoms with E-state index in [-0.39, 0.29) is 36.0 Å². The Kier molecular flexibility index (Phi) is 4.79. The van der Waals surface area contributed by atoms with Gasteiger partial charge in [-0.2, -0.15) is 0 Å². The Balaban J connectivity index is 1.90. The molecule has 0 aromatic rings. The zero-order chi connectivity index (χ0) is 18.2. The summed E-state index contributed by atoms with van der Waals surface area (Å²) in [6.07, 6.45) is 0.846. The Hall–Kier alpha value is -1.86. The first kappa shape index (κ1) is 18.5. The van der Waals surface area contributed by atoms with Crippen LogP contribution in [0, 0.1) is 20.9 Å². The predicted molar refractivity (Wildman–Crippen MR) is 85.0 cm³/mol. The summed E-state index contributed by atoms with van der Waals surface area (Å²) in [4.78, 5) is 36.0. The summed E-state index contributed by atoms with van der Waals surface area (Å²) >= 11 is 0. The lowest BCUT2D eigenvalue weighted by molar-refractivity contribution is -0.506. The summed E-state index contributed by atoms with van der Waals surface area (Å²) in [7, 11) is 0. The number of amides is 1. The first-order chi connectivity index (χ1) is 11.0. The standard InChI is InChI=1S/C16H26N2O6/c1-5-23-12(19)6-15(11-18(21)22)7-16(8-15)9-17(10-16)13(20)24-14(2,3)4/h5-11H2,1-4H3. The minimum absolute atomic E-state index is 0.0655. The molecule has 0 unspecified atom stereocenters. The fourth-order valence-electron chi connectivity index (χ4n) is 4.07. The second kappa shape index (κ2) is 6.22. The van der Waals surface area contributed by atoms with Crippen LogP contribution in [-0.4, -0.2) is 53.7 Å². The van der Waals surface area contributed by atoms with Crippen molar-refractivity contribution in [3.8, 4) is 0 Å². The van der Waals surface area contributed by atoms with Crippen LogP contribution >= 0.6 is 0 Å². The molecule has 0 atom stereocenters. The third-order valence-corrected chi connectivity index (χ3v) is 4.49. The number of rotatable bonds is 5. The van der Waals surface area contributed by atoms with E-state index in [0.717, 1.165) is 0 Å². The Morgan fingerprint density at radius 3 is 2.29 bits per heavy atom. The molecule has 2 rings (SSSR count). The maximum atomic E-state index is 12.0. The number of carbonyl (C=O) groups excluding carboxylic acids is 2. The van der Waals surface area contributed by atoms with Crippen molar-refractivity contribution < 1.29 is 24.0 Å². The number of nitrogens with zero attached hydrogens (tertiary/aromatic N) is 2. The van der Waals surface area contributed by atoms with E-state index < -0.39 is 17.0 Å². The monoisotopic (exact) mass is 342 g/mol. The minimum Gasteiger partial charge on any atom is -0.466 e. The van der Waals surface area contributed by atoms with Gasteiger partial charge in [0, 0.05) is 28.8 Å². The molecule has 2 aliphatic rings. The van der Waals surface area contributed by atoms with Gasteiger partial charge in [-0.25, -0.2) is 4.79 Å². The Morgan fingerprint density at radius 1 is 1.25 bits per heavy atom. The zero-order valence-corrected chi connectivity index (χ0v) is 14.8. The van der Waals surface area contributed by atoms with E-state index in [2.05, 4.69) is 0 Å². The van der Waals surface area contributed by atoms with Gasteiger partial charge >= 0.3 is 12.1 Å². The number of likely N-dealkylation sites (tertiary alicyclic amines) is 1. The van der Waals surface area contributed by atoms with Crippen molar-refractivity contribution in [2.45, 2.75) is 52.6 Å². The van der Waals surface area contributed by atoms with Gasteiger partial charge in [0.25, 0.3) is 0 Å². The Labute approximate surface area is 141 Å². The molecule has 0 N–H and O–H groups in total. The summed E-state index contributed by atoms with van der Waals surface area (Å²) in [6.45, 7) is 8.24. The van der Waals surface area contributed by atoms with Crippen LogP contribution in [0.1, 0.15) is 47.0 Å². The van der Waals surface area contributed by atoms with Crippen LogP contribution in [0.4, 0.5) is 4.79 Å². The SMILES string of the molecule is CCOC(=O)CC1(C[N+](=O)[O-])CC2(CN(C(=O)OC(C)(C)C)C2)C1. The van der Waals surface area contributed by atoms with Crippen molar-refractivity contribution in [1.29, 1.82) is 0 Å². The molecule has 1 spiro atoms. The van der Waals surface area contributed by atoms with Crippen molar-refractivity contribution in [2.24, 2.45) is 10.8 Å². The first-order valence-electron chi connectivity index (χ1n) is 8.24. The van der Waals surface area contributed by atoms with Gasteiger partial charge in [-0.3, -0.25) is 14.9 Å². The highest BCUT2D eigenvalue weighted by molar-refractivity contribution is 5.71. The zero-order valence-electron chi connectivity index (χ0n) is 14.8. The second-order valence-corrected chi connectivity index (χ2v) is 8.16. The molecule has 136 valence electrons. The quantitative estimate of drug-likeness (QED) is 0.431. The fraction of sp³-hybridized carbons (Fsp3) is 0.875. The van der Waals surface area contributed by atoms with Crippen LogP contribution in [0.3, 0.4) is 0 Å². The lowest BCUT2D eigenvalue weighted by Gasteiger charge is -2.62. The molecule has 0 aromatic carbocycles. The van der Waals surface area contributed by atoms with Crippen molar-refractivity contribution in [1.82, 2.24) is 4.90 Å². The van der Waals surface area contributed by atoms with Crippen molar-refractivity contribution in [3.05, 3.63) is 10.1 Å². The third-order valence-electron chi connectivity index (χ3n) is 4.49. The molecule has 0 radical (unpaired) electrons. The Morgan fingerprint density at radius 2 is 1.83 bits per heavy atom. The molecule has 8 nitrogen and oxygen atoms in total. The van der Waals surface area contributed by atoms with Gasteiger partial charge < -0.3 is 14.4 Å². The van der Waals surface area contributed by atoms with E-state index in [9.17, 15) is 19.7 Å². The molecule has 1 aliphatic carbocycles. The second-order valence-electron chi connectivity index (χ2n) is 8.16. The molecular formula is C16H26N2O6. The molecule has 1 heterocycles. The molecule has 1 saturated heterocycles. The van der Waals surface area contributed by atoms with E-state index in [4.69, 9.17) is 9.47 Å². The van der Waals surface area contributed by atoms with Gasteiger partial charge in [0.05, 0.1) is 13.0 Å². The molecule has 1 amide bonds. The largest absolute Gasteiger partial charge is 0.466 e. The van der Waals surface area contributed by atoms with E-state index in [0.29, 0.717) is 25.9 Å². The van der Waals surface area contributed by atoms with E-state index >= 15 is 0 Å². The lowest BCUT2D eigenvalue weighted by atomic mass is 9.48. The fourth-order valence-corrected chi connectivity index (χ4v) is 4.07. The predicted octanol–water partition coefficient (Wildman–Crippen LogP) is 2.23. The van der Waals surface area contributed by atoms with E-state index in [1.807, 2.05) is 20.8 Å². The number of carbonyl (C=O) groups is 2. The average Bonchev–Trinajstić information content (AvgIpc) is 2.28. The number of hydrogen-bond acceptors (Lipinski definition) is 6. The van der Waals surface area contributed by atoms with Gasteiger partial charge in [0.1, 0.15) is 5.60 Å². The van der Waals surface area contributed by atoms with E-state index in [1.165, 1.54) is 0 Å². The number of hydrogen-bond donors (Lipinski definition) is 0. The third kappa shape index (κ3) is 4.15. The molecule has 0 bridgehead atoms. The van der Waals surface area contributed by atoms with Crippen molar-refractivity contribution in [3.63, 3.8) is 0 Å². The summed E-state index contributed by atoms with van der Waals surface area (Å²) in [6, 6.07) is 0. The summed E-state index contributed by atoms with van der Waals surface area (Å²) in [5.41, 5.74) is -1.30. The van der Waals surface area contributed by atoms with Crippen LogP contribution in [0.2, 0.25) is 0 Å². The summed E-state index contributed by atoms with van der Waals surface area (Å²) < 4.78 is 10.3. The molecule has 2 fully saturated rings. The van der Waals surface area contributed by atoms with Crippen LogP contribution in [0.25, 0.3) is 0 Å². The summed E-state index contributed by atoms with van der Waals surface area (Å²) in [5.74, 6) is -0.391. The highest BCUT2D eigenvalue weighted by Crippen LogP contribution is 2.60. The number of esters is 1. The summed E-state index contributed by atoms with van der Waals surface area (Å²) in [5, 5.41) is 11.0. The van der Waals surface area contributed by atoms with E-state index in [1.54, 1.807) is 11.8 Å². The van der Waals surface area contributed by atoms with Gasteiger partial charge in [-0.05, 0) is 40.5 Å². The molecule has 1 saturated carbocycles. The highest BCUT2D eigenvalue weighted by atomic mass is 16.6. The lowest BCUT2D eigenvalue weighted by Crippen LogP contribution is -2.68. The van der Waals surface area contributed by atoms with Gasteiger partial charge in [0.15, 0.2) is 0 Å². The molecule has 0 aromatic heterocycles. The molecule has 8 heteroatoms. The van der Waals surface area contributed by atoms with Crippen molar-refractivity contribution in [2.75, 3.05) is 26.2 Å². The van der Waals surface area contributed by atoms with Crippen LogP contribution in [0.5, 0.6) is 0 Å². The normalized spacial score (nSPS) is 20.8. The minimum atomic E-state index is -0.643. The Bertz CT molecular complexity index is 525. The highest BCUT2D eigenvalue weighted by Gasteiger charge is 2.63. The van der Waals surface area contributed by atoms with Crippen molar-refractivity contribution >= 4 is 12.1 Å². The topological polar surface area (TPSA) is 99.0 Å². The van der Waals surface area contributed by atoms with Crippen LogP contribution < -0.4 is 0 Å². The van der Waals surface area contributed by atoms with Gasteiger partial charge in [-0.15, -0.1) is 0 Å². The maximum absolute atomic E-state index is 12.0. The smallest absolute Gasteiger partial charge is 0.410 e. The van der Waals surface area contributed by atoms with Crippen LogP contribution in [0.15, 0.2) is 0 Å². The number of ether oxygens (including phenoxy) is 2. The van der Waals surface area contributed by atoms with Gasteiger partial charge in [0.2, 0.25) is 6.54 Å². The average molecular weight is 342 g/mol. The maximum Gasteiger partial charge on any atom is 0.410 e. The molecular weight excluding hydrogens is 316 g/mol.